The van der Waals surface area contributed by atoms with Crippen molar-refractivity contribution < 1.29 is 4.74 Å². The molecule has 2 atom stereocenters. The highest BCUT2D eigenvalue weighted by Crippen LogP contribution is 2.43. The van der Waals surface area contributed by atoms with E-state index in [1.807, 2.05) is 29.7 Å². The Morgan fingerprint density at radius 2 is 2.35 bits per heavy atom. The Labute approximate surface area is 124 Å². The van der Waals surface area contributed by atoms with E-state index in [9.17, 15) is 0 Å². The summed E-state index contributed by atoms with van der Waals surface area (Å²) in [5, 5.41) is 0. The topological polar surface area (TPSA) is 65.1 Å². The molecule has 20 heavy (non-hydrogen) atoms. The van der Waals surface area contributed by atoms with Crippen LogP contribution in [0, 0.1) is 5.92 Å². The third-order valence-electron chi connectivity index (χ3n) is 4.63. The maximum absolute atomic E-state index is 6.16. The van der Waals surface area contributed by atoms with E-state index in [4.69, 9.17) is 10.6 Å². The molecule has 0 aliphatic carbocycles. The molecule has 3 N–H and O–H groups in total. The van der Waals surface area contributed by atoms with Crippen molar-refractivity contribution >= 4 is 11.8 Å². The minimum Gasteiger partial charge on any atom is -0.375 e. The highest BCUT2D eigenvalue weighted by Gasteiger charge is 2.41. The monoisotopic (exact) mass is 296 g/mol. The van der Waals surface area contributed by atoms with Gasteiger partial charge in [0.05, 0.1) is 23.7 Å². The van der Waals surface area contributed by atoms with Crippen LogP contribution in [-0.4, -0.2) is 33.3 Å². The summed E-state index contributed by atoms with van der Waals surface area (Å²) in [6.45, 7) is 0.848. The quantitative estimate of drug-likeness (QED) is 0.655. The van der Waals surface area contributed by atoms with Gasteiger partial charge in [-0.15, -0.1) is 0 Å². The Kier molecular flexibility index (Phi) is 4.35. The number of nitrogens with one attached hydrogen (secondary N) is 1. The second-order valence-electron chi connectivity index (χ2n) is 6.01. The van der Waals surface area contributed by atoms with Gasteiger partial charge in [0.15, 0.2) is 0 Å². The molecule has 3 rings (SSSR count). The van der Waals surface area contributed by atoms with Crippen molar-refractivity contribution in [2.75, 3.05) is 18.1 Å². The van der Waals surface area contributed by atoms with Crippen LogP contribution in [0.1, 0.15) is 37.4 Å². The van der Waals surface area contributed by atoms with E-state index in [-0.39, 0.29) is 11.6 Å². The van der Waals surface area contributed by atoms with Crippen molar-refractivity contribution in [2.24, 2.45) is 18.8 Å². The van der Waals surface area contributed by atoms with E-state index in [0.29, 0.717) is 5.92 Å². The van der Waals surface area contributed by atoms with Gasteiger partial charge in [-0.3, -0.25) is 11.3 Å². The number of nitrogens with two attached hydrogens (primary N) is 1. The highest BCUT2D eigenvalue weighted by atomic mass is 32.2. The SMILES string of the molecule is Cn1cnc(C(NN)C2CCOC3(CCSCC3)C2)c1. The minimum absolute atomic E-state index is 0.0953. The molecule has 0 aromatic carbocycles. The average Bonchev–Trinajstić information content (AvgIpc) is 2.87. The predicted molar refractivity (Wildman–Crippen MR) is 81.2 cm³/mol. The zero-order chi connectivity index (χ0) is 14.0. The number of hydrogen-bond donors (Lipinski definition) is 2. The molecule has 6 heteroatoms. The summed E-state index contributed by atoms with van der Waals surface area (Å²) < 4.78 is 8.14. The van der Waals surface area contributed by atoms with Gasteiger partial charge in [-0.25, -0.2) is 4.98 Å². The molecule has 0 saturated carbocycles. The van der Waals surface area contributed by atoms with Gasteiger partial charge in [-0.05, 0) is 43.1 Å². The van der Waals surface area contributed by atoms with Crippen LogP contribution in [0.15, 0.2) is 12.5 Å². The molecule has 112 valence electrons. The van der Waals surface area contributed by atoms with Crippen LogP contribution in [0.2, 0.25) is 0 Å². The molecule has 3 heterocycles. The first-order valence-electron chi connectivity index (χ1n) is 7.38. The number of hydrogen-bond acceptors (Lipinski definition) is 5. The first-order chi connectivity index (χ1) is 9.72. The van der Waals surface area contributed by atoms with Gasteiger partial charge in [-0.1, -0.05) is 0 Å². The summed E-state index contributed by atoms with van der Waals surface area (Å²) in [5.41, 5.74) is 4.13. The molecule has 1 aromatic heterocycles. The van der Waals surface area contributed by atoms with Crippen molar-refractivity contribution in [2.45, 2.75) is 37.3 Å². The van der Waals surface area contributed by atoms with Crippen LogP contribution in [0.3, 0.4) is 0 Å². The molecular formula is C14H24N4OS. The third-order valence-corrected chi connectivity index (χ3v) is 5.62. The van der Waals surface area contributed by atoms with E-state index in [2.05, 4.69) is 16.6 Å². The largest absolute Gasteiger partial charge is 0.375 e. The number of ether oxygens (including phenoxy) is 1. The number of rotatable bonds is 3. The van der Waals surface area contributed by atoms with Crippen LogP contribution < -0.4 is 11.3 Å². The number of thioether (sulfide) groups is 1. The van der Waals surface area contributed by atoms with E-state index in [0.717, 1.165) is 25.1 Å². The summed E-state index contributed by atoms with van der Waals surface area (Å²) >= 11 is 2.04. The zero-order valence-corrected chi connectivity index (χ0v) is 12.9. The molecule has 0 radical (unpaired) electrons. The Bertz CT molecular complexity index is 439. The van der Waals surface area contributed by atoms with Crippen LogP contribution in [0.4, 0.5) is 0 Å². The molecule has 2 fully saturated rings. The van der Waals surface area contributed by atoms with Crippen molar-refractivity contribution in [3.05, 3.63) is 18.2 Å². The molecule has 0 bridgehead atoms. The number of imidazole rings is 1. The van der Waals surface area contributed by atoms with Gasteiger partial charge >= 0.3 is 0 Å². The maximum atomic E-state index is 6.16. The standard InChI is InChI=1S/C14H24N4OS/c1-18-9-12(16-10-18)13(17-15)11-2-5-19-14(8-11)3-6-20-7-4-14/h9-11,13,17H,2-8,15H2,1H3. The second kappa shape index (κ2) is 6.05. The summed E-state index contributed by atoms with van der Waals surface area (Å²) in [7, 11) is 1.99. The van der Waals surface area contributed by atoms with Crippen LogP contribution >= 0.6 is 11.8 Å². The Hall–Kier alpha value is -0.560. The summed E-state index contributed by atoms with van der Waals surface area (Å²) in [4.78, 5) is 4.47. The number of hydrazine groups is 1. The van der Waals surface area contributed by atoms with Crippen molar-refractivity contribution in [3.63, 3.8) is 0 Å². The van der Waals surface area contributed by atoms with E-state index >= 15 is 0 Å². The summed E-state index contributed by atoms with van der Waals surface area (Å²) in [6.07, 6.45) is 8.40. The van der Waals surface area contributed by atoms with Crippen LogP contribution in [0.25, 0.3) is 0 Å². The Morgan fingerprint density at radius 1 is 1.55 bits per heavy atom. The predicted octanol–water partition coefficient (Wildman–Crippen LogP) is 1.62. The van der Waals surface area contributed by atoms with Gasteiger partial charge < -0.3 is 9.30 Å². The van der Waals surface area contributed by atoms with Gasteiger partial charge in [0, 0.05) is 19.9 Å². The average molecular weight is 296 g/mol. The van der Waals surface area contributed by atoms with E-state index < -0.39 is 0 Å². The Balaban J connectivity index is 1.74. The molecular weight excluding hydrogens is 272 g/mol. The Morgan fingerprint density at radius 3 is 3.00 bits per heavy atom. The van der Waals surface area contributed by atoms with Crippen LogP contribution in [0.5, 0.6) is 0 Å². The fraction of sp³-hybridized carbons (Fsp3) is 0.786. The zero-order valence-electron chi connectivity index (χ0n) is 12.0. The highest BCUT2D eigenvalue weighted by molar-refractivity contribution is 7.99. The number of aryl methyl sites for hydroxylation is 1. The summed E-state index contributed by atoms with van der Waals surface area (Å²) in [6, 6.07) is 0.131. The van der Waals surface area contributed by atoms with Gasteiger partial charge in [0.2, 0.25) is 0 Å². The lowest BCUT2D eigenvalue weighted by Gasteiger charge is -2.45. The van der Waals surface area contributed by atoms with Crippen LogP contribution in [-0.2, 0) is 11.8 Å². The molecule has 1 aromatic rings. The smallest absolute Gasteiger partial charge is 0.0947 e. The molecule has 2 aliphatic heterocycles. The van der Waals surface area contributed by atoms with E-state index in [1.165, 1.54) is 24.3 Å². The lowest BCUT2D eigenvalue weighted by molar-refractivity contribution is -0.107. The van der Waals surface area contributed by atoms with Crippen molar-refractivity contribution in [1.82, 2.24) is 15.0 Å². The van der Waals surface area contributed by atoms with Crippen molar-refractivity contribution in [1.29, 1.82) is 0 Å². The normalized spacial score (nSPS) is 27.6. The van der Waals surface area contributed by atoms with Gasteiger partial charge in [0.1, 0.15) is 0 Å². The first-order valence-corrected chi connectivity index (χ1v) is 8.54. The number of nitrogens with zero attached hydrogens (tertiary/aromatic N) is 2. The summed E-state index contributed by atoms with van der Waals surface area (Å²) in [5.74, 6) is 8.76. The van der Waals surface area contributed by atoms with E-state index in [1.54, 1.807) is 0 Å². The third kappa shape index (κ3) is 2.88. The second-order valence-corrected chi connectivity index (χ2v) is 7.23. The molecule has 2 saturated heterocycles. The lowest BCUT2D eigenvalue weighted by Crippen LogP contribution is -2.46. The molecule has 2 aliphatic rings. The van der Waals surface area contributed by atoms with Gasteiger partial charge in [-0.2, -0.15) is 11.8 Å². The van der Waals surface area contributed by atoms with Crippen molar-refractivity contribution in [3.8, 4) is 0 Å². The first kappa shape index (κ1) is 14.4. The fourth-order valence-corrected chi connectivity index (χ4v) is 4.74. The molecule has 1 spiro atoms. The minimum atomic E-state index is 0.0953. The molecule has 5 nitrogen and oxygen atoms in total. The van der Waals surface area contributed by atoms with Gasteiger partial charge in [0.25, 0.3) is 0 Å². The lowest BCUT2D eigenvalue weighted by atomic mass is 9.78. The fourth-order valence-electron chi connectivity index (χ4n) is 3.50. The molecule has 0 amide bonds. The number of aromatic nitrogens is 2. The molecule has 2 unspecified atom stereocenters. The maximum Gasteiger partial charge on any atom is 0.0947 e.